The molecule has 1 N–H and O–H groups in total. The van der Waals surface area contributed by atoms with E-state index in [0.29, 0.717) is 0 Å². The lowest BCUT2D eigenvalue weighted by atomic mass is 10.5. The highest BCUT2D eigenvalue weighted by Gasteiger charge is 2.52. The summed E-state index contributed by atoms with van der Waals surface area (Å²) < 4.78 is 0. The second-order valence-corrected chi connectivity index (χ2v) is 2.13. The molecule has 1 aliphatic carbocycles. The zero-order valence-corrected chi connectivity index (χ0v) is 3.12. The third kappa shape index (κ3) is 0.153. The van der Waals surface area contributed by atoms with Gasteiger partial charge in [-0.25, -0.2) is 0 Å². The molecular formula is C4H7N. The molecule has 2 rings (SSSR count). The highest BCUT2D eigenvalue weighted by Crippen LogP contribution is 2.43. The SMILES string of the molecule is C1CC12CN2. The Labute approximate surface area is 31.4 Å². The number of hydrogen-bond acceptors (Lipinski definition) is 1. The molecule has 0 radical (unpaired) electrons. The van der Waals surface area contributed by atoms with Crippen molar-refractivity contribution in [1.29, 1.82) is 0 Å². The van der Waals surface area contributed by atoms with Crippen LogP contribution in [0.5, 0.6) is 0 Å². The summed E-state index contributed by atoms with van der Waals surface area (Å²) in [7, 11) is 0. The molecule has 1 spiro atoms. The van der Waals surface area contributed by atoms with E-state index >= 15 is 0 Å². The van der Waals surface area contributed by atoms with Crippen molar-refractivity contribution in [2.75, 3.05) is 6.54 Å². The van der Waals surface area contributed by atoms with Gasteiger partial charge in [-0.1, -0.05) is 0 Å². The summed E-state index contributed by atoms with van der Waals surface area (Å²) in [6.45, 7) is 1.31. The predicted molar refractivity (Wildman–Crippen MR) is 20.0 cm³/mol. The van der Waals surface area contributed by atoms with Crippen LogP contribution in [0.2, 0.25) is 0 Å². The van der Waals surface area contributed by atoms with Crippen LogP contribution >= 0.6 is 0 Å². The molecule has 28 valence electrons. The summed E-state index contributed by atoms with van der Waals surface area (Å²) in [5.74, 6) is 0. The van der Waals surface area contributed by atoms with E-state index in [1.165, 1.54) is 19.4 Å². The summed E-state index contributed by atoms with van der Waals surface area (Å²) in [5.41, 5.74) is 0.750. The fourth-order valence-electron chi connectivity index (χ4n) is 0.629. The average molecular weight is 69.1 g/mol. The minimum Gasteiger partial charge on any atom is -0.308 e. The predicted octanol–water partition coefficient (Wildman–Crippen LogP) is 0.122. The van der Waals surface area contributed by atoms with Gasteiger partial charge < -0.3 is 5.32 Å². The monoisotopic (exact) mass is 69.1 g/mol. The average Bonchev–Trinajstić information content (AvgIpc) is 2.17. The quantitative estimate of drug-likeness (QED) is 0.401. The van der Waals surface area contributed by atoms with Crippen molar-refractivity contribution in [1.82, 2.24) is 5.32 Å². The minimum absolute atomic E-state index is 0.750. The third-order valence-corrected chi connectivity index (χ3v) is 1.53. The van der Waals surface area contributed by atoms with Crippen LogP contribution in [0, 0.1) is 0 Å². The number of rotatable bonds is 0. The fraction of sp³-hybridized carbons (Fsp3) is 1.00. The topological polar surface area (TPSA) is 21.9 Å². The molecule has 0 aromatic heterocycles. The van der Waals surface area contributed by atoms with E-state index in [1.54, 1.807) is 0 Å². The van der Waals surface area contributed by atoms with Crippen molar-refractivity contribution in [2.45, 2.75) is 18.4 Å². The lowest BCUT2D eigenvalue weighted by Gasteiger charge is -1.59. The Bertz CT molecular complexity index is 46.5. The van der Waals surface area contributed by atoms with E-state index in [4.69, 9.17) is 0 Å². The molecule has 1 saturated heterocycles. The zero-order chi connectivity index (χ0) is 3.33. The van der Waals surface area contributed by atoms with Gasteiger partial charge in [0.15, 0.2) is 0 Å². The summed E-state index contributed by atoms with van der Waals surface area (Å²) in [6.07, 6.45) is 2.90. The van der Waals surface area contributed by atoms with Crippen molar-refractivity contribution in [3.05, 3.63) is 0 Å². The molecule has 1 heteroatoms. The van der Waals surface area contributed by atoms with Gasteiger partial charge in [0, 0.05) is 12.1 Å². The molecule has 2 fully saturated rings. The van der Waals surface area contributed by atoms with Crippen molar-refractivity contribution in [3.8, 4) is 0 Å². The first-order chi connectivity index (χ1) is 2.41. The Morgan fingerprint density at radius 3 is 2.00 bits per heavy atom. The second kappa shape index (κ2) is 0.350. The first-order valence-corrected chi connectivity index (χ1v) is 2.16. The molecule has 5 heavy (non-hydrogen) atoms. The van der Waals surface area contributed by atoms with Crippen molar-refractivity contribution in [2.24, 2.45) is 0 Å². The minimum atomic E-state index is 0.750. The molecule has 0 bridgehead atoms. The van der Waals surface area contributed by atoms with Crippen LogP contribution in [0.15, 0.2) is 0 Å². The molecule has 0 aromatic carbocycles. The van der Waals surface area contributed by atoms with Gasteiger partial charge in [0.1, 0.15) is 0 Å². The fourth-order valence-corrected chi connectivity index (χ4v) is 0.629. The Kier molecular flexibility index (Phi) is 0.153. The van der Waals surface area contributed by atoms with Gasteiger partial charge in [0.05, 0.1) is 0 Å². The highest BCUT2D eigenvalue weighted by atomic mass is 15.2. The van der Waals surface area contributed by atoms with E-state index in [0.717, 1.165) is 5.54 Å². The third-order valence-electron chi connectivity index (χ3n) is 1.53. The maximum atomic E-state index is 3.28. The molecule has 1 heterocycles. The first kappa shape index (κ1) is 2.19. The van der Waals surface area contributed by atoms with E-state index < -0.39 is 0 Å². The molecule has 0 atom stereocenters. The molecule has 0 unspecified atom stereocenters. The Morgan fingerprint density at radius 2 is 2.00 bits per heavy atom. The normalized spacial score (nSPS) is 38.4. The maximum absolute atomic E-state index is 3.28. The van der Waals surface area contributed by atoms with Crippen LogP contribution in [0.3, 0.4) is 0 Å². The van der Waals surface area contributed by atoms with Crippen molar-refractivity contribution < 1.29 is 0 Å². The van der Waals surface area contributed by atoms with E-state index in [9.17, 15) is 0 Å². The van der Waals surface area contributed by atoms with E-state index in [-0.39, 0.29) is 0 Å². The molecule has 2 aliphatic rings. The Balaban J connectivity index is 2.30. The molecule has 0 amide bonds. The van der Waals surface area contributed by atoms with Gasteiger partial charge in [-0.3, -0.25) is 0 Å². The van der Waals surface area contributed by atoms with Gasteiger partial charge in [-0.2, -0.15) is 0 Å². The standard InChI is InChI=1S/C4H7N/c1-2-4(1)3-5-4/h5H,1-3H2. The van der Waals surface area contributed by atoms with Crippen LogP contribution < -0.4 is 5.32 Å². The van der Waals surface area contributed by atoms with E-state index in [2.05, 4.69) is 5.32 Å². The summed E-state index contributed by atoms with van der Waals surface area (Å²) in [4.78, 5) is 0. The summed E-state index contributed by atoms with van der Waals surface area (Å²) >= 11 is 0. The van der Waals surface area contributed by atoms with Gasteiger partial charge in [-0.15, -0.1) is 0 Å². The van der Waals surface area contributed by atoms with Gasteiger partial charge in [0.2, 0.25) is 0 Å². The van der Waals surface area contributed by atoms with Gasteiger partial charge in [-0.05, 0) is 12.8 Å². The smallest absolute Gasteiger partial charge is 0.0308 e. The van der Waals surface area contributed by atoms with Crippen LogP contribution in [-0.4, -0.2) is 12.1 Å². The second-order valence-electron chi connectivity index (χ2n) is 2.13. The molecule has 1 aliphatic heterocycles. The van der Waals surface area contributed by atoms with Crippen LogP contribution in [-0.2, 0) is 0 Å². The van der Waals surface area contributed by atoms with Crippen LogP contribution in [0.1, 0.15) is 12.8 Å². The zero-order valence-electron chi connectivity index (χ0n) is 3.12. The Morgan fingerprint density at radius 1 is 1.40 bits per heavy atom. The van der Waals surface area contributed by atoms with Crippen LogP contribution in [0.25, 0.3) is 0 Å². The lowest BCUT2D eigenvalue weighted by molar-refractivity contribution is 1.03. The van der Waals surface area contributed by atoms with Crippen molar-refractivity contribution in [3.63, 3.8) is 0 Å². The number of nitrogens with one attached hydrogen (secondary N) is 1. The summed E-state index contributed by atoms with van der Waals surface area (Å²) in [6, 6.07) is 0. The highest BCUT2D eigenvalue weighted by molar-refractivity contribution is 5.15. The first-order valence-electron chi connectivity index (χ1n) is 2.16. The largest absolute Gasteiger partial charge is 0.308 e. The van der Waals surface area contributed by atoms with Gasteiger partial charge >= 0.3 is 0 Å². The molecule has 0 aromatic rings. The van der Waals surface area contributed by atoms with E-state index in [1.807, 2.05) is 0 Å². The maximum Gasteiger partial charge on any atom is 0.0308 e. The molecule has 1 nitrogen and oxygen atoms in total. The number of hydrogen-bond donors (Lipinski definition) is 1. The summed E-state index contributed by atoms with van der Waals surface area (Å²) in [5, 5.41) is 3.28. The Hall–Kier alpha value is -0.0400. The lowest BCUT2D eigenvalue weighted by Crippen LogP contribution is -1.81. The van der Waals surface area contributed by atoms with Crippen molar-refractivity contribution >= 4 is 0 Å². The molecule has 1 saturated carbocycles. The molecular weight excluding hydrogens is 62.1 g/mol. The van der Waals surface area contributed by atoms with Gasteiger partial charge in [0.25, 0.3) is 0 Å². The van der Waals surface area contributed by atoms with Crippen LogP contribution in [0.4, 0.5) is 0 Å².